The van der Waals surface area contributed by atoms with E-state index < -0.39 is 0 Å². The van der Waals surface area contributed by atoms with Crippen molar-refractivity contribution >= 4 is 27.4 Å². The van der Waals surface area contributed by atoms with Crippen molar-refractivity contribution in [1.82, 2.24) is 4.90 Å². The van der Waals surface area contributed by atoms with Gasteiger partial charge in [-0.1, -0.05) is 15.9 Å². The summed E-state index contributed by atoms with van der Waals surface area (Å²) < 4.78 is 0.961. The lowest BCUT2D eigenvalue weighted by molar-refractivity contribution is 0.101. The Morgan fingerprint density at radius 2 is 2.16 bits per heavy atom. The van der Waals surface area contributed by atoms with Crippen LogP contribution in [0.15, 0.2) is 22.7 Å². The normalized spacial score (nSPS) is 19.8. The van der Waals surface area contributed by atoms with Crippen LogP contribution in [-0.4, -0.2) is 43.9 Å². The molecular formula is C15H21BrN2O. The molecule has 3 nitrogen and oxygen atoms in total. The van der Waals surface area contributed by atoms with E-state index >= 15 is 0 Å². The Kier molecular flexibility index (Phi) is 4.63. The molecule has 1 aromatic rings. The Balaban J connectivity index is 2.28. The number of ketones is 1. The summed E-state index contributed by atoms with van der Waals surface area (Å²) in [7, 11) is 4.25. The van der Waals surface area contributed by atoms with Gasteiger partial charge in [-0.15, -0.1) is 0 Å². The maximum Gasteiger partial charge on any atom is 0.161 e. The number of halogens is 1. The topological polar surface area (TPSA) is 23.6 Å². The second-order valence-corrected chi connectivity index (χ2v) is 6.34. The van der Waals surface area contributed by atoms with Gasteiger partial charge in [0.25, 0.3) is 0 Å². The van der Waals surface area contributed by atoms with Gasteiger partial charge in [-0.2, -0.15) is 0 Å². The number of rotatable bonds is 3. The van der Waals surface area contributed by atoms with Crippen LogP contribution < -0.4 is 4.90 Å². The molecule has 0 N–H and O–H groups in total. The lowest BCUT2D eigenvalue weighted by Gasteiger charge is -2.38. The maximum absolute atomic E-state index is 11.8. The highest BCUT2D eigenvalue weighted by molar-refractivity contribution is 9.10. The van der Waals surface area contributed by atoms with E-state index in [9.17, 15) is 4.79 Å². The Morgan fingerprint density at radius 1 is 1.42 bits per heavy atom. The van der Waals surface area contributed by atoms with Crippen molar-refractivity contribution < 1.29 is 4.79 Å². The third kappa shape index (κ3) is 3.37. The number of hydrogen-bond acceptors (Lipinski definition) is 3. The molecular weight excluding hydrogens is 304 g/mol. The summed E-state index contributed by atoms with van der Waals surface area (Å²) in [6.07, 6.45) is 2.41. The molecule has 1 saturated heterocycles. The molecule has 1 atom stereocenters. The van der Waals surface area contributed by atoms with Crippen molar-refractivity contribution in [3.8, 4) is 0 Å². The van der Waals surface area contributed by atoms with Crippen molar-refractivity contribution in [2.75, 3.05) is 32.1 Å². The first-order valence-corrected chi connectivity index (χ1v) is 7.50. The van der Waals surface area contributed by atoms with Gasteiger partial charge in [0.15, 0.2) is 5.78 Å². The van der Waals surface area contributed by atoms with E-state index in [1.54, 1.807) is 6.92 Å². The van der Waals surface area contributed by atoms with Gasteiger partial charge in [-0.05, 0) is 52.1 Å². The Morgan fingerprint density at radius 3 is 2.79 bits per heavy atom. The predicted molar refractivity (Wildman–Crippen MR) is 83.1 cm³/mol. The van der Waals surface area contributed by atoms with Crippen LogP contribution in [0.4, 0.5) is 5.69 Å². The highest BCUT2D eigenvalue weighted by Crippen LogP contribution is 2.28. The number of anilines is 1. The number of nitrogens with zero attached hydrogens (tertiary/aromatic N) is 2. The van der Waals surface area contributed by atoms with Crippen LogP contribution in [0.2, 0.25) is 0 Å². The monoisotopic (exact) mass is 324 g/mol. The first-order valence-electron chi connectivity index (χ1n) is 6.71. The van der Waals surface area contributed by atoms with Crippen molar-refractivity contribution in [2.24, 2.45) is 0 Å². The van der Waals surface area contributed by atoms with Crippen LogP contribution in [0.3, 0.4) is 0 Å². The van der Waals surface area contributed by atoms with E-state index in [0.29, 0.717) is 6.04 Å². The minimum absolute atomic E-state index is 0.128. The predicted octanol–water partition coefficient (Wildman–Crippen LogP) is 3.18. The molecule has 1 unspecified atom stereocenters. The number of likely N-dealkylation sites (N-methyl/N-ethyl adjacent to an activating group) is 1. The second kappa shape index (κ2) is 6.06. The molecule has 0 radical (unpaired) electrons. The molecule has 1 aromatic carbocycles. The molecule has 1 heterocycles. The molecule has 104 valence electrons. The van der Waals surface area contributed by atoms with Crippen LogP contribution >= 0.6 is 15.9 Å². The van der Waals surface area contributed by atoms with Gasteiger partial charge < -0.3 is 9.80 Å². The van der Waals surface area contributed by atoms with Gasteiger partial charge in [-0.3, -0.25) is 4.79 Å². The number of benzene rings is 1. The number of carbonyl (C=O) groups excluding carboxylic acids is 1. The third-order valence-electron chi connectivity index (χ3n) is 3.81. The first kappa shape index (κ1) is 14.5. The van der Waals surface area contributed by atoms with Gasteiger partial charge in [0, 0.05) is 34.9 Å². The van der Waals surface area contributed by atoms with Gasteiger partial charge in [-0.25, -0.2) is 0 Å². The van der Waals surface area contributed by atoms with Crippen molar-refractivity contribution in [2.45, 2.75) is 25.8 Å². The Hall–Kier alpha value is -0.870. The maximum atomic E-state index is 11.8. The molecule has 19 heavy (non-hydrogen) atoms. The molecule has 0 saturated carbocycles. The van der Waals surface area contributed by atoms with E-state index in [1.165, 1.54) is 12.8 Å². The SMILES string of the molecule is CC(=O)c1cc(Br)ccc1N1CCCC(N(C)C)C1. The molecule has 1 fully saturated rings. The second-order valence-electron chi connectivity index (χ2n) is 5.42. The van der Waals surface area contributed by atoms with E-state index in [2.05, 4.69) is 45.9 Å². The standard InChI is InChI=1S/C15H21BrN2O/c1-11(19)14-9-12(16)6-7-15(14)18-8-4-5-13(10-18)17(2)3/h6-7,9,13H,4-5,8,10H2,1-3H3. The molecule has 0 aliphatic carbocycles. The van der Waals surface area contributed by atoms with Crippen LogP contribution in [-0.2, 0) is 0 Å². The average molecular weight is 325 g/mol. The summed E-state index contributed by atoms with van der Waals surface area (Å²) >= 11 is 3.44. The van der Waals surface area contributed by atoms with E-state index in [4.69, 9.17) is 0 Å². The summed E-state index contributed by atoms with van der Waals surface area (Å²) in [5.74, 6) is 0.128. The minimum Gasteiger partial charge on any atom is -0.369 e. The van der Waals surface area contributed by atoms with Crippen LogP contribution in [0.1, 0.15) is 30.1 Å². The Labute approximate surface area is 123 Å². The minimum atomic E-state index is 0.128. The van der Waals surface area contributed by atoms with Crippen LogP contribution in [0.25, 0.3) is 0 Å². The number of hydrogen-bond donors (Lipinski definition) is 0. The zero-order valence-electron chi connectivity index (χ0n) is 11.8. The summed E-state index contributed by atoms with van der Waals surface area (Å²) in [5, 5.41) is 0. The fourth-order valence-corrected chi connectivity index (χ4v) is 3.02. The fraction of sp³-hybridized carbons (Fsp3) is 0.533. The van der Waals surface area contributed by atoms with Crippen molar-refractivity contribution in [1.29, 1.82) is 0 Å². The molecule has 1 aliphatic rings. The highest BCUT2D eigenvalue weighted by atomic mass is 79.9. The van der Waals surface area contributed by atoms with E-state index in [0.717, 1.165) is 28.8 Å². The molecule has 0 amide bonds. The molecule has 0 aromatic heterocycles. The number of piperidine rings is 1. The van der Waals surface area contributed by atoms with Crippen molar-refractivity contribution in [3.05, 3.63) is 28.2 Å². The number of Topliss-reactive ketones (excluding diaryl/α,β-unsaturated/α-hetero) is 1. The highest BCUT2D eigenvalue weighted by Gasteiger charge is 2.23. The zero-order valence-corrected chi connectivity index (χ0v) is 13.4. The zero-order chi connectivity index (χ0) is 14.0. The lowest BCUT2D eigenvalue weighted by atomic mass is 10.0. The third-order valence-corrected chi connectivity index (χ3v) is 4.30. The van der Waals surface area contributed by atoms with Crippen molar-refractivity contribution in [3.63, 3.8) is 0 Å². The summed E-state index contributed by atoms with van der Waals surface area (Å²) in [6.45, 7) is 3.67. The molecule has 0 spiro atoms. The Bertz CT molecular complexity index is 473. The molecule has 4 heteroatoms. The lowest BCUT2D eigenvalue weighted by Crippen LogP contribution is -2.45. The van der Waals surface area contributed by atoms with Gasteiger partial charge in [0.05, 0.1) is 0 Å². The van der Waals surface area contributed by atoms with Gasteiger partial charge in [0.1, 0.15) is 0 Å². The summed E-state index contributed by atoms with van der Waals surface area (Å²) in [5.41, 5.74) is 1.89. The van der Waals surface area contributed by atoms with Crippen LogP contribution in [0.5, 0.6) is 0 Å². The van der Waals surface area contributed by atoms with Crippen LogP contribution in [0, 0.1) is 0 Å². The van der Waals surface area contributed by atoms with E-state index in [1.807, 2.05) is 12.1 Å². The average Bonchev–Trinajstić information content (AvgIpc) is 2.38. The summed E-state index contributed by atoms with van der Waals surface area (Å²) in [4.78, 5) is 16.4. The largest absolute Gasteiger partial charge is 0.369 e. The molecule has 2 rings (SSSR count). The van der Waals surface area contributed by atoms with Gasteiger partial charge in [0.2, 0.25) is 0 Å². The molecule has 1 aliphatic heterocycles. The quantitative estimate of drug-likeness (QED) is 0.798. The van der Waals surface area contributed by atoms with E-state index in [-0.39, 0.29) is 5.78 Å². The smallest absolute Gasteiger partial charge is 0.161 e. The number of carbonyl (C=O) groups is 1. The van der Waals surface area contributed by atoms with Gasteiger partial charge >= 0.3 is 0 Å². The summed E-state index contributed by atoms with van der Waals surface area (Å²) in [6, 6.07) is 6.56. The first-order chi connectivity index (χ1) is 8.99. The molecule has 0 bridgehead atoms. The fourth-order valence-electron chi connectivity index (χ4n) is 2.66.